The van der Waals surface area contributed by atoms with Crippen molar-refractivity contribution in [3.63, 3.8) is 0 Å². The maximum Gasteiger partial charge on any atom is 0.124 e. The standard InChI is InChI=1S/C12H19NO2/c1-9(2)15-12(8-13)10-6-4-5-7-11(10)14-3/h4-7,9,12H,8,13H2,1-3H3/t12-/m1/s1. The lowest BCUT2D eigenvalue weighted by molar-refractivity contribution is 0.0107. The van der Waals surface area contributed by atoms with Crippen molar-refractivity contribution in [2.75, 3.05) is 13.7 Å². The summed E-state index contributed by atoms with van der Waals surface area (Å²) in [5.41, 5.74) is 6.71. The lowest BCUT2D eigenvalue weighted by Gasteiger charge is -2.21. The van der Waals surface area contributed by atoms with Crippen LogP contribution in [0.3, 0.4) is 0 Å². The lowest BCUT2D eigenvalue weighted by Crippen LogP contribution is -2.19. The molecule has 0 saturated carbocycles. The predicted molar refractivity (Wildman–Crippen MR) is 61.0 cm³/mol. The largest absolute Gasteiger partial charge is 0.496 e. The molecule has 0 unspecified atom stereocenters. The molecule has 0 amide bonds. The van der Waals surface area contributed by atoms with E-state index in [9.17, 15) is 0 Å². The van der Waals surface area contributed by atoms with E-state index in [1.807, 2.05) is 38.1 Å². The topological polar surface area (TPSA) is 44.5 Å². The zero-order valence-electron chi connectivity index (χ0n) is 9.57. The third kappa shape index (κ3) is 3.22. The molecule has 1 aromatic carbocycles. The number of benzene rings is 1. The van der Waals surface area contributed by atoms with Crippen molar-refractivity contribution in [3.8, 4) is 5.75 Å². The van der Waals surface area contributed by atoms with Gasteiger partial charge in [-0.05, 0) is 19.9 Å². The van der Waals surface area contributed by atoms with Crippen LogP contribution in [0.5, 0.6) is 5.75 Å². The molecule has 0 aromatic heterocycles. The second-order valence-corrected chi connectivity index (χ2v) is 3.65. The molecule has 0 spiro atoms. The first kappa shape index (κ1) is 12.0. The molecule has 0 heterocycles. The number of para-hydroxylation sites is 1. The number of methoxy groups -OCH3 is 1. The molecule has 0 aliphatic rings. The first-order valence-electron chi connectivity index (χ1n) is 5.17. The van der Waals surface area contributed by atoms with E-state index < -0.39 is 0 Å². The van der Waals surface area contributed by atoms with E-state index in [0.29, 0.717) is 6.54 Å². The van der Waals surface area contributed by atoms with Crippen LogP contribution < -0.4 is 10.5 Å². The summed E-state index contributed by atoms with van der Waals surface area (Å²) < 4.78 is 11.0. The number of ether oxygens (including phenoxy) is 2. The second-order valence-electron chi connectivity index (χ2n) is 3.65. The van der Waals surface area contributed by atoms with Crippen LogP contribution in [0.15, 0.2) is 24.3 Å². The Labute approximate surface area is 91.2 Å². The molecule has 2 N–H and O–H groups in total. The molecule has 1 aromatic rings. The van der Waals surface area contributed by atoms with Gasteiger partial charge in [0.1, 0.15) is 5.75 Å². The van der Waals surface area contributed by atoms with E-state index in [1.165, 1.54) is 0 Å². The number of hydrogen-bond acceptors (Lipinski definition) is 3. The predicted octanol–water partition coefficient (Wildman–Crippen LogP) is 2.12. The number of hydrogen-bond donors (Lipinski definition) is 1. The van der Waals surface area contributed by atoms with Gasteiger partial charge in [0.2, 0.25) is 0 Å². The van der Waals surface area contributed by atoms with Crippen LogP contribution in [0.2, 0.25) is 0 Å². The van der Waals surface area contributed by atoms with Crippen LogP contribution in [0.1, 0.15) is 25.5 Å². The highest BCUT2D eigenvalue weighted by atomic mass is 16.5. The highest BCUT2D eigenvalue weighted by Gasteiger charge is 2.15. The summed E-state index contributed by atoms with van der Waals surface area (Å²) in [6.07, 6.45) is 0.0598. The molecule has 0 fully saturated rings. The summed E-state index contributed by atoms with van der Waals surface area (Å²) in [4.78, 5) is 0. The minimum absolute atomic E-state index is 0.0962. The van der Waals surface area contributed by atoms with Gasteiger partial charge in [0.05, 0.1) is 19.3 Å². The number of rotatable bonds is 5. The second kappa shape index (κ2) is 5.73. The van der Waals surface area contributed by atoms with Crippen molar-refractivity contribution in [2.45, 2.75) is 26.1 Å². The fourth-order valence-corrected chi connectivity index (χ4v) is 1.52. The molecule has 3 heteroatoms. The van der Waals surface area contributed by atoms with Gasteiger partial charge in [-0.1, -0.05) is 18.2 Å². The molecule has 0 saturated heterocycles. The molecular weight excluding hydrogens is 190 g/mol. The smallest absolute Gasteiger partial charge is 0.124 e. The Kier molecular flexibility index (Phi) is 4.59. The summed E-state index contributed by atoms with van der Waals surface area (Å²) in [6.45, 7) is 4.45. The van der Waals surface area contributed by atoms with Gasteiger partial charge in [-0.25, -0.2) is 0 Å². The van der Waals surface area contributed by atoms with Crippen molar-refractivity contribution in [1.29, 1.82) is 0 Å². The average molecular weight is 209 g/mol. The Morgan fingerprint density at radius 2 is 1.93 bits per heavy atom. The third-order valence-corrected chi connectivity index (χ3v) is 2.14. The first-order chi connectivity index (χ1) is 7.19. The minimum atomic E-state index is -0.0962. The van der Waals surface area contributed by atoms with Crippen molar-refractivity contribution < 1.29 is 9.47 Å². The molecule has 3 nitrogen and oxygen atoms in total. The molecular formula is C12H19NO2. The maximum atomic E-state index is 5.72. The third-order valence-electron chi connectivity index (χ3n) is 2.14. The number of nitrogens with two attached hydrogens (primary N) is 1. The monoisotopic (exact) mass is 209 g/mol. The summed E-state index contributed by atoms with van der Waals surface area (Å²) in [5, 5.41) is 0. The normalized spacial score (nSPS) is 12.9. The molecule has 1 rings (SSSR count). The highest BCUT2D eigenvalue weighted by Crippen LogP contribution is 2.27. The van der Waals surface area contributed by atoms with Crippen molar-refractivity contribution in [2.24, 2.45) is 5.73 Å². The van der Waals surface area contributed by atoms with Gasteiger partial charge < -0.3 is 15.2 Å². The van der Waals surface area contributed by atoms with Crippen LogP contribution in [-0.2, 0) is 4.74 Å². The van der Waals surface area contributed by atoms with Crippen LogP contribution in [0, 0.1) is 0 Å². The van der Waals surface area contributed by atoms with E-state index in [4.69, 9.17) is 15.2 Å². The van der Waals surface area contributed by atoms with Gasteiger partial charge in [0.25, 0.3) is 0 Å². The summed E-state index contributed by atoms with van der Waals surface area (Å²) in [5.74, 6) is 0.827. The van der Waals surface area contributed by atoms with Gasteiger partial charge >= 0.3 is 0 Å². The van der Waals surface area contributed by atoms with E-state index in [2.05, 4.69) is 0 Å². The Morgan fingerprint density at radius 3 is 2.47 bits per heavy atom. The SMILES string of the molecule is COc1ccccc1[C@@H](CN)OC(C)C. The van der Waals surface area contributed by atoms with Gasteiger partial charge in [-0.15, -0.1) is 0 Å². The van der Waals surface area contributed by atoms with Crippen molar-refractivity contribution in [1.82, 2.24) is 0 Å². The van der Waals surface area contributed by atoms with E-state index in [0.717, 1.165) is 11.3 Å². The zero-order chi connectivity index (χ0) is 11.3. The highest BCUT2D eigenvalue weighted by molar-refractivity contribution is 5.35. The fourth-order valence-electron chi connectivity index (χ4n) is 1.52. The maximum absolute atomic E-state index is 5.72. The fraction of sp³-hybridized carbons (Fsp3) is 0.500. The first-order valence-corrected chi connectivity index (χ1v) is 5.17. The molecule has 0 aliphatic heterocycles. The van der Waals surface area contributed by atoms with Gasteiger partial charge in [-0.2, -0.15) is 0 Å². The van der Waals surface area contributed by atoms with Gasteiger partial charge in [-0.3, -0.25) is 0 Å². The van der Waals surface area contributed by atoms with Crippen LogP contribution in [0.25, 0.3) is 0 Å². The Balaban J connectivity index is 2.90. The molecule has 0 aliphatic carbocycles. The average Bonchev–Trinajstić information content (AvgIpc) is 2.25. The van der Waals surface area contributed by atoms with E-state index >= 15 is 0 Å². The molecule has 84 valence electrons. The summed E-state index contributed by atoms with van der Waals surface area (Å²) >= 11 is 0. The molecule has 0 radical (unpaired) electrons. The van der Waals surface area contributed by atoms with E-state index in [-0.39, 0.29) is 12.2 Å². The van der Waals surface area contributed by atoms with Crippen molar-refractivity contribution >= 4 is 0 Å². The van der Waals surface area contributed by atoms with Gasteiger partial charge in [0, 0.05) is 12.1 Å². The Bertz CT molecular complexity index is 299. The van der Waals surface area contributed by atoms with Gasteiger partial charge in [0.15, 0.2) is 0 Å². The van der Waals surface area contributed by atoms with Crippen LogP contribution in [-0.4, -0.2) is 19.8 Å². The molecule has 15 heavy (non-hydrogen) atoms. The molecule has 0 bridgehead atoms. The van der Waals surface area contributed by atoms with Crippen LogP contribution >= 0.6 is 0 Å². The quantitative estimate of drug-likeness (QED) is 0.807. The van der Waals surface area contributed by atoms with E-state index in [1.54, 1.807) is 7.11 Å². The molecule has 1 atom stereocenters. The lowest BCUT2D eigenvalue weighted by atomic mass is 10.1. The summed E-state index contributed by atoms with van der Waals surface area (Å²) in [7, 11) is 1.65. The van der Waals surface area contributed by atoms with Crippen molar-refractivity contribution in [3.05, 3.63) is 29.8 Å². The zero-order valence-corrected chi connectivity index (χ0v) is 9.57. The van der Waals surface area contributed by atoms with Crippen LogP contribution in [0.4, 0.5) is 0 Å². The minimum Gasteiger partial charge on any atom is -0.496 e. The summed E-state index contributed by atoms with van der Waals surface area (Å²) in [6, 6.07) is 7.80. The Hall–Kier alpha value is -1.06. The Morgan fingerprint density at radius 1 is 1.27 bits per heavy atom.